The molecule has 1 aliphatic heterocycles. The number of benzene rings is 2. The molecule has 33 heavy (non-hydrogen) atoms. The summed E-state index contributed by atoms with van der Waals surface area (Å²) in [7, 11) is -3.39. The molecule has 6 heteroatoms. The number of piperidine rings is 1. The van der Waals surface area contributed by atoms with Crippen molar-refractivity contribution >= 4 is 15.9 Å². The van der Waals surface area contributed by atoms with Crippen molar-refractivity contribution in [3.05, 3.63) is 70.3 Å². The lowest BCUT2D eigenvalue weighted by Crippen LogP contribution is -2.44. The lowest BCUT2D eigenvalue weighted by molar-refractivity contribution is -0.126. The molecule has 178 valence electrons. The minimum absolute atomic E-state index is 0.00699. The average molecular weight is 469 g/mol. The fourth-order valence-electron chi connectivity index (χ4n) is 5.14. The van der Waals surface area contributed by atoms with Crippen LogP contribution in [0.15, 0.2) is 42.5 Å². The molecule has 4 rings (SSSR count). The summed E-state index contributed by atoms with van der Waals surface area (Å²) in [6.45, 7) is 4.85. The summed E-state index contributed by atoms with van der Waals surface area (Å²) in [4.78, 5) is 13.0. The first kappa shape index (κ1) is 24.0. The average Bonchev–Trinajstić information content (AvgIpc) is 2.83. The van der Waals surface area contributed by atoms with Gasteiger partial charge in [-0.1, -0.05) is 49.4 Å². The van der Waals surface area contributed by atoms with Crippen LogP contribution in [-0.2, 0) is 33.4 Å². The fourth-order valence-corrected chi connectivity index (χ4v) is 6.80. The molecule has 0 bridgehead atoms. The van der Waals surface area contributed by atoms with Crippen molar-refractivity contribution < 1.29 is 13.2 Å². The predicted molar refractivity (Wildman–Crippen MR) is 132 cm³/mol. The summed E-state index contributed by atoms with van der Waals surface area (Å²) >= 11 is 0. The van der Waals surface area contributed by atoms with Crippen LogP contribution >= 0.6 is 0 Å². The highest BCUT2D eigenvalue weighted by Crippen LogP contribution is 2.28. The van der Waals surface area contributed by atoms with Gasteiger partial charge >= 0.3 is 0 Å². The highest BCUT2D eigenvalue weighted by molar-refractivity contribution is 7.88. The first-order valence-corrected chi connectivity index (χ1v) is 13.9. The fraction of sp³-hybridized carbons (Fsp3) is 0.519. The Hall–Kier alpha value is -2.18. The highest BCUT2D eigenvalue weighted by Gasteiger charge is 2.32. The number of amides is 1. The van der Waals surface area contributed by atoms with Crippen molar-refractivity contribution in [3.8, 4) is 0 Å². The van der Waals surface area contributed by atoms with Gasteiger partial charge in [-0.05, 0) is 79.7 Å². The van der Waals surface area contributed by atoms with Crippen LogP contribution in [0.5, 0.6) is 0 Å². The van der Waals surface area contributed by atoms with E-state index in [0.29, 0.717) is 25.9 Å². The summed E-state index contributed by atoms with van der Waals surface area (Å²) in [6, 6.07) is 14.3. The van der Waals surface area contributed by atoms with Crippen molar-refractivity contribution in [1.29, 1.82) is 0 Å². The minimum Gasteiger partial charge on any atom is -0.349 e. The lowest BCUT2D eigenvalue weighted by Gasteiger charge is -2.31. The molecular formula is C27H36N2O3S. The van der Waals surface area contributed by atoms with Crippen LogP contribution in [0.2, 0.25) is 0 Å². The van der Waals surface area contributed by atoms with Crippen LogP contribution in [0.25, 0.3) is 0 Å². The van der Waals surface area contributed by atoms with E-state index < -0.39 is 10.0 Å². The Labute approximate surface area is 198 Å². The van der Waals surface area contributed by atoms with Gasteiger partial charge < -0.3 is 5.32 Å². The van der Waals surface area contributed by atoms with Crippen LogP contribution in [0, 0.1) is 12.8 Å². The molecule has 0 radical (unpaired) electrons. The van der Waals surface area contributed by atoms with Crippen LogP contribution in [0.3, 0.4) is 0 Å². The molecule has 1 aliphatic carbocycles. The van der Waals surface area contributed by atoms with Crippen LogP contribution in [0.1, 0.15) is 72.9 Å². The van der Waals surface area contributed by atoms with E-state index in [2.05, 4.69) is 30.4 Å². The standard InChI is InChI=1S/C27H36N2O3S/c1-3-26(24-13-12-21-9-6-7-10-23(21)18-24)28-27(30)22-14-16-29(17-15-22)33(31,32)19-25-11-5-4-8-20(25)2/h4-5,8,11-13,18,22,26H,3,6-7,9-10,14-17,19H2,1-2H3,(H,28,30). The second-order valence-corrected chi connectivity index (χ2v) is 11.5. The molecular weight excluding hydrogens is 432 g/mol. The zero-order chi connectivity index (χ0) is 23.4. The molecule has 2 aliphatic rings. The Morgan fingerprint density at radius 1 is 1.06 bits per heavy atom. The van der Waals surface area contributed by atoms with Crippen LogP contribution in [-0.4, -0.2) is 31.7 Å². The van der Waals surface area contributed by atoms with E-state index >= 15 is 0 Å². The van der Waals surface area contributed by atoms with Gasteiger partial charge in [0.2, 0.25) is 15.9 Å². The molecule has 0 saturated carbocycles. The van der Waals surface area contributed by atoms with E-state index in [-0.39, 0.29) is 23.6 Å². The number of nitrogens with one attached hydrogen (secondary N) is 1. The monoisotopic (exact) mass is 468 g/mol. The SMILES string of the molecule is CCC(NC(=O)C1CCN(S(=O)(=O)Cc2ccccc2C)CC1)c1ccc2c(c1)CCCC2. The van der Waals surface area contributed by atoms with Gasteiger partial charge in [0.15, 0.2) is 0 Å². The number of rotatable bonds is 7. The quantitative estimate of drug-likeness (QED) is 0.641. The van der Waals surface area contributed by atoms with Crippen molar-refractivity contribution in [2.75, 3.05) is 13.1 Å². The Morgan fingerprint density at radius 2 is 1.76 bits per heavy atom. The third-order valence-electron chi connectivity index (χ3n) is 7.32. The molecule has 1 amide bonds. The number of aryl methyl sites for hydroxylation is 3. The topological polar surface area (TPSA) is 66.5 Å². The minimum atomic E-state index is -3.39. The molecule has 0 aromatic heterocycles. The first-order valence-electron chi connectivity index (χ1n) is 12.3. The van der Waals surface area contributed by atoms with E-state index in [1.54, 1.807) is 4.31 Å². The maximum atomic E-state index is 13.0. The van der Waals surface area contributed by atoms with Gasteiger partial charge in [-0.15, -0.1) is 0 Å². The molecule has 1 unspecified atom stereocenters. The normalized spacial score (nSPS) is 18.5. The number of nitrogens with zero attached hydrogens (tertiary/aromatic N) is 1. The summed E-state index contributed by atoms with van der Waals surface area (Å²) in [5.74, 6) is -0.0654. The number of hydrogen-bond donors (Lipinski definition) is 1. The molecule has 1 atom stereocenters. The van der Waals surface area contributed by atoms with Crippen LogP contribution < -0.4 is 5.32 Å². The van der Waals surface area contributed by atoms with E-state index in [1.165, 1.54) is 29.5 Å². The summed E-state index contributed by atoms with van der Waals surface area (Å²) in [6.07, 6.45) is 6.77. The molecule has 1 saturated heterocycles. The molecule has 1 fully saturated rings. The second-order valence-electron chi connectivity index (χ2n) is 9.56. The zero-order valence-electron chi connectivity index (χ0n) is 19.8. The predicted octanol–water partition coefficient (Wildman–Crippen LogP) is 4.68. The number of fused-ring (bicyclic) bond motifs is 1. The largest absolute Gasteiger partial charge is 0.349 e. The Morgan fingerprint density at radius 3 is 2.45 bits per heavy atom. The summed E-state index contributed by atoms with van der Waals surface area (Å²) in [5.41, 5.74) is 5.89. The van der Waals surface area contributed by atoms with Gasteiger partial charge in [0.05, 0.1) is 11.8 Å². The van der Waals surface area contributed by atoms with Crippen molar-refractivity contribution in [2.24, 2.45) is 5.92 Å². The number of sulfonamides is 1. The van der Waals surface area contributed by atoms with Gasteiger partial charge in [0, 0.05) is 19.0 Å². The maximum Gasteiger partial charge on any atom is 0.223 e. The molecule has 1 heterocycles. The maximum absolute atomic E-state index is 13.0. The Balaban J connectivity index is 1.34. The van der Waals surface area contributed by atoms with E-state index in [4.69, 9.17) is 0 Å². The van der Waals surface area contributed by atoms with Gasteiger partial charge in [0.25, 0.3) is 0 Å². The van der Waals surface area contributed by atoms with Gasteiger partial charge in [-0.2, -0.15) is 0 Å². The zero-order valence-corrected chi connectivity index (χ0v) is 20.7. The van der Waals surface area contributed by atoms with E-state index in [1.807, 2.05) is 31.2 Å². The van der Waals surface area contributed by atoms with E-state index in [0.717, 1.165) is 30.4 Å². The van der Waals surface area contributed by atoms with Crippen molar-refractivity contribution in [3.63, 3.8) is 0 Å². The van der Waals surface area contributed by atoms with Gasteiger partial charge in [-0.25, -0.2) is 12.7 Å². The number of carbonyl (C=O) groups is 1. The highest BCUT2D eigenvalue weighted by atomic mass is 32.2. The molecule has 0 spiro atoms. The Kier molecular flexibility index (Phi) is 7.55. The van der Waals surface area contributed by atoms with Gasteiger partial charge in [0.1, 0.15) is 0 Å². The number of carbonyl (C=O) groups excluding carboxylic acids is 1. The number of hydrogen-bond acceptors (Lipinski definition) is 3. The van der Waals surface area contributed by atoms with Crippen molar-refractivity contribution in [1.82, 2.24) is 9.62 Å². The lowest BCUT2D eigenvalue weighted by atomic mass is 9.88. The summed E-state index contributed by atoms with van der Waals surface area (Å²) in [5, 5.41) is 3.25. The van der Waals surface area contributed by atoms with Gasteiger partial charge in [-0.3, -0.25) is 4.79 Å². The van der Waals surface area contributed by atoms with Crippen molar-refractivity contribution in [2.45, 2.75) is 70.6 Å². The first-order chi connectivity index (χ1) is 15.9. The third-order valence-corrected chi connectivity index (χ3v) is 9.14. The smallest absolute Gasteiger partial charge is 0.223 e. The van der Waals surface area contributed by atoms with E-state index in [9.17, 15) is 13.2 Å². The molecule has 1 N–H and O–H groups in total. The molecule has 5 nitrogen and oxygen atoms in total. The van der Waals surface area contributed by atoms with Crippen LogP contribution in [0.4, 0.5) is 0 Å². The molecule has 2 aromatic carbocycles. The molecule has 2 aromatic rings. The summed E-state index contributed by atoms with van der Waals surface area (Å²) < 4.78 is 27.4. The third kappa shape index (κ3) is 5.67. The Bertz CT molecular complexity index is 1090. The second kappa shape index (κ2) is 10.4.